The number of carbonyl (C=O) groups excluding carboxylic acids is 2. The lowest BCUT2D eigenvalue weighted by Crippen LogP contribution is -2.46. The van der Waals surface area contributed by atoms with Gasteiger partial charge in [-0.15, -0.1) is 0 Å². The predicted molar refractivity (Wildman–Crippen MR) is 102 cm³/mol. The van der Waals surface area contributed by atoms with E-state index in [1.54, 1.807) is 30.3 Å². The number of benzene rings is 2. The number of hydrogen-bond acceptors (Lipinski definition) is 3. The topological polar surface area (TPSA) is 77.9 Å². The molecule has 7 heteroatoms. The Kier molecular flexibility index (Phi) is 5.76. The van der Waals surface area contributed by atoms with Crippen molar-refractivity contribution in [2.75, 3.05) is 18.0 Å². The van der Waals surface area contributed by atoms with E-state index in [1.165, 1.54) is 9.80 Å². The molecule has 27 heavy (non-hydrogen) atoms. The summed E-state index contributed by atoms with van der Waals surface area (Å²) < 4.78 is 0. The van der Waals surface area contributed by atoms with Crippen LogP contribution in [0.1, 0.15) is 17.5 Å². The van der Waals surface area contributed by atoms with E-state index in [0.29, 0.717) is 23.6 Å². The van der Waals surface area contributed by atoms with E-state index >= 15 is 0 Å². The highest BCUT2D eigenvalue weighted by molar-refractivity contribution is 6.30. The smallest absolute Gasteiger partial charge is 0.323 e. The Hall–Kier alpha value is -2.86. The summed E-state index contributed by atoms with van der Waals surface area (Å²) in [7, 11) is 0. The third-order valence-corrected chi connectivity index (χ3v) is 4.70. The van der Waals surface area contributed by atoms with Crippen molar-refractivity contribution >= 4 is 35.1 Å². The van der Waals surface area contributed by atoms with Gasteiger partial charge in [0.1, 0.15) is 13.1 Å². The number of amides is 2. The molecular formula is C20H19ClN2O4. The monoisotopic (exact) mass is 386 g/mol. The lowest BCUT2D eigenvalue weighted by Gasteiger charge is -2.31. The first-order valence-electron chi connectivity index (χ1n) is 8.56. The lowest BCUT2D eigenvalue weighted by molar-refractivity contribution is -0.144. The summed E-state index contributed by atoms with van der Waals surface area (Å²) in [6.07, 6.45) is 0.976. The van der Waals surface area contributed by atoms with Crippen LogP contribution in [0.15, 0.2) is 48.5 Å². The maximum absolute atomic E-state index is 12.8. The molecule has 1 heterocycles. The van der Waals surface area contributed by atoms with Crippen LogP contribution in [0.2, 0.25) is 5.02 Å². The molecule has 140 valence electrons. The van der Waals surface area contributed by atoms with Crippen molar-refractivity contribution in [2.24, 2.45) is 0 Å². The second-order valence-electron chi connectivity index (χ2n) is 6.38. The van der Waals surface area contributed by atoms with Crippen molar-refractivity contribution in [2.45, 2.75) is 19.4 Å². The normalized spacial score (nSPS) is 13.2. The SMILES string of the molecule is O=C(O)CN(Cc1ccc(Cl)cc1)C(=O)CN1C(=O)CCc2ccccc21. The molecule has 6 nitrogen and oxygen atoms in total. The number of carboxylic acids is 1. The number of nitrogens with zero attached hydrogens (tertiary/aromatic N) is 2. The summed E-state index contributed by atoms with van der Waals surface area (Å²) in [5.41, 5.74) is 2.48. The molecule has 0 bridgehead atoms. The summed E-state index contributed by atoms with van der Waals surface area (Å²) in [5, 5.41) is 9.74. The number of carbonyl (C=O) groups is 3. The fourth-order valence-corrected chi connectivity index (χ4v) is 3.24. The van der Waals surface area contributed by atoms with Gasteiger partial charge in [0.15, 0.2) is 0 Å². The number of aryl methyl sites for hydroxylation is 1. The maximum atomic E-state index is 12.8. The fourth-order valence-electron chi connectivity index (χ4n) is 3.11. The van der Waals surface area contributed by atoms with E-state index in [0.717, 1.165) is 11.1 Å². The van der Waals surface area contributed by atoms with Gasteiger partial charge in [-0.1, -0.05) is 41.9 Å². The average Bonchev–Trinajstić information content (AvgIpc) is 2.65. The predicted octanol–water partition coefficient (Wildman–Crippen LogP) is 2.73. The summed E-state index contributed by atoms with van der Waals surface area (Å²) in [6, 6.07) is 14.3. The van der Waals surface area contributed by atoms with Crippen molar-refractivity contribution in [1.29, 1.82) is 0 Å². The molecule has 0 spiro atoms. The molecule has 0 saturated carbocycles. The van der Waals surface area contributed by atoms with Gasteiger partial charge in [-0.3, -0.25) is 14.4 Å². The quantitative estimate of drug-likeness (QED) is 0.828. The Labute approximate surface area is 162 Å². The first kappa shape index (κ1) is 18.9. The largest absolute Gasteiger partial charge is 0.480 e. The van der Waals surface area contributed by atoms with Gasteiger partial charge < -0.3 is 14.9 Å². The highest BCUT2D eigenvalue weighted by atomic mass is 35.5. The average molecular weight is 387 g/mol. The van der Waals surface area contributed by atoms with Crippen molar-refractivity contribution in [3.05, 3.63) is 64.7 Å². The highest BCUT2D eigenvalue weighted by Crippen LogP contribution is 2.27. The molecule has 0 radical (unpaired) electrons. The summed E-state index contributed by atoms with van der Waals surface area (Å²) in [5.74, 6) is -1.66. The molecule has 1 aliphatic heterocycles. The molecule has 0 aliphatic carbocycles. The van der Waals surface area contributed by atoms with E-state index in [2.05, 4.69) is 0 Å². The number of hydrogen-bond donors (Lipinski definition) is 1. The molecule has 1 aliphatic rings. The molecule has 2 amide bonds. The second-order valence-corrected chi connectivity index (χ2v) is 6.82. The molecule has 0 unspecified atom stereocenters. The minimum absolute atomic E-state index is 0.131. The van der Waals surface area contributed by atoms with Crippen LogP contribution in [-0.2, 0) is 27.3 Å². The Bertz CT molecular complexity index is 867. The van der Waals surface area contributed by atoms with Gasteiger partial charge in [-0.05, 0) is 35.7 Å². The Morgan fingerprint density at radius 3 is 2.48 bits per heavy atom. The van der Waals surface area contributed by atoms with Crippen LogP contribution in [0.4, 0.5) is 5.69 Å². The molecule has 0 saturated heterocycles. The maximum Gasteiger partial charge on any atom is 0.323 e. The highest BCUT2D eigenvalue weighted by Gasteiger charge is 2.28. The Morgan fingerprint density at radius 2 is 1.78 bits per heavy atom. The number of carboxylic acid groups (broad SMARTS) is 1. The van der Waals surface area contributed by atoms with Gasteiger partial charge in [0, 0.05) is 23.7 Å². The zero-order valence-corrected chi connectivity index (χ0v) is 15.4. The van der Waals surface area contributed by atoms with Crippen LogP contribution in [0, 0.1) is 0 Å². The molecule has 2 aromatic rings. The summed E-state index contributed by atoms with van der Waals surface area (Å²) in [4.78, 5) is 39.1. The zero-order valence-electron chi connectivity index (χ0n) is 14.6. The van der Waals surface area contributed by atoms with E-state index < -0.39 is 18.4 Å². The fraction of sp³-hybridized carbons (Fsp3) is 0.250. The van der Waals surface area contributed by atoms with Crippen LogP contribution in [0.5, 0.6) is 0 Å². The number of halogens is 1. The van der Waals surface area contributed by atoms with Gasteiger partial charge in [0.25, 0.3) is 0 Å². The van der Waals surface area contributed by atoms with E-state index in [1.807, 2.05) is 18.2 Å². The first-order valence-corrected chi connectivity index (χ1v) is 8.94. The standard InChI is InChI=1S/C20H19ClN2O4/c21-16-8-5-14(6-9-16)11-22(13-20(26)27)19(25)12-23-17-4-2-1-3-15(17)7-10-18(23)24/h1-6,8-9H,7,10-13H2,(H,26,27). The van der Waals surface area contributed by atoms with Crippen LogP contribution < -0.4 is 4.90 Å². The van der Waals surface area contributed by atoms with E-state index in [9.17, 15) is 19.5 Å². The molecule has 1 N–H and O–H groups in total. The van der Waals surface area contributed by atoms with Crippen molar-refractivity contribution < 1.29 is 19.5 Å². The second kappa shape index (κ2) is 8.22. The van der Waals surface area contributed by atoms with Gasteiger partial charge in [-0.2, -0.15) is 0 Å². The number of fused-ring (bicyclic) bond motifs is 1. The number of aliphatic carboxylic acids is 1. The number of para-hydroxylation sites is 1. The summed E-state index contributed by atoms with van der Waals surface area (Å²) in [6.45, 7) is -0.492. The van der Waals surface area contributed by atoms with Crippen LogP contribution in [0.3, 0.4) is 0 Å². The van der Waals surface area contributed by atoms with Crippen LogP contribution in [0.25, 0.3) is 0 Å². The van der Waals surface area contributed by atoms with Gasteiger partial charge in [-0.25, -0.2) is 0 Å². The van der Waals surface area contributed by atoms with E-state index in [4.69, 9.17) is 11.6 Å². The Morgan fingerprint density at radius 1 is 1.07 bits per heavy atom. The summed E-state index contributed by atoms with van der Waals surface area (Å²) >= 11 is 5.87. The molecule has 3 rings (SSSR count). The van der Waals surface area contributed by atoms with Gasteiger partial charge >= 0.3 is 5.97 Å². The first-order chi connectivity index (χ1) is 12.9. The van der Waals surface area contributed by atoms with Crippen molar-refractivity contribution in [3.8, 4) is 0 Å². The number of rotatable bonds is 6. The van der Waals surface area contributed by atoms with Crippen LogP contribution >= 0.6 is 11.6 Å². The molecule has 2 aromatic carbocycles. The third-order valence-electron chi connectivity index (χ3n) is 4.45. The minimum Gasteiger partial charge on any atom is -0.480 e. The van der Waals surface area contributed by atoms with Crippen LogP contribution in [-0.4, -0.2) is 40.9 Å². The molecular weight excluding hydrogens is 368 g/mol. The lowest BCUT2D eigenvalue weighted by atomic mass is 10.0. The minimum atomic E-state index is -1.11. The zero-order chi connectivity index (χ0) is 19.4. The number of anilines is 1. The molecule has 0 aromatic heterocycles. The molecule has 0 atom stereocenters. The van der Waals surface area contributed by atoms with Gasteiger partial charge in [0.2, 0.25) is 11.8 Å². The molecule has 0 fully saturated rings. The van der Waals surface area contributed by atoms with Gasteiger partial charge in [0.05, 0.1) is 0 Å². The Balaban J connectivity index is 1.79. The third kappa shape index (κ3) is 4.65. The van der Waals surface area contributed by atoms with E-state index in [-0.39, 0.29) is 19.0 Å². The van der Waals surface area contributed by atoms with Crippen molar-refractivity contribution in [1.82, 2.24) is 4.90 Å². The van der Waals surface area contributed by atoms with Crippen molar-refractivity contribution in [3.63, 3.8) is 0 Å².